The Hall–Kier alpha value is -0.610. The van der Waals surface area contributed by atoms with E-state index in [0.717, 1.165) is 0 Å². The summed E-state index contributed by atoms with van der Waals surface area (Å²) in [5.74, 6) is -0.160. The maximum atomic E-state index is 12.0. The van der Waals surface area contributed by atoms with Crippen LogP contribution in [0.4, 0.5) is 0 Å². The van der Waals surface area contributed by atoms with E-state index in [9.17, 15) is 4.79 Å². The standard InChI is InChI=1S/C12H23NO3/c1-11(2,3)9(13(4)5)12(7-16-8-12)10(14)15-6/h9H,7-8H2,1-6H3. The molecule has 1 heterocycles. The molecule has 0 bridgehead atoms. The molecule has 0 N–H and O–H groups in total. The highest BCUT2D eigenvalue weighted by Gasteiger charge is 2.57. The van der Waals surface area contributed by atoms with Gasteiger partial charge >= 0.3 is 5.97 Å². The second kappa shape index (κ2) is 4.34. The predicted octanol–water partition coefficient (Wildman–Crippen LogP) is 1.15. The number of rotatable bonds is 3. The lowest BCUT2D eigenvalue weighted by Crippen LogP contribution is -2.65. The number of carbonyl (C=O) groups excluding carboxylic acids is 1. The van der Waals surface area contributed by atoms with E-state index < -0.39 is 5.41 Å². The molecule has 1 unspecified atom stereocenters. The molecule has 1 saturated heterocycles. The molecular formula is C12H23NO3. The summed E-state index contributed by atoms with van der Waals surface area (Å²) < 4.78 is 10.2. The van der Waals surface area contributed by atoms with Gasteiger partial charge in [0.05, 0.1) is 20.3 Å². The van der Waals surface area contributed by atoms with E-state index in [4.69, 9.17) is 9.47 Å². The molecule has 0 spiro atoms. The van der Waals surface area contributed by atoms with Gasteiger partial charge in [-0.15, -0.1) is 0 Å². The third kappa shape index (κ3) is 2.09. The van der Waals surface area contributed by atoms with Crippen molar-refractivity contribution < 1.29 is 14.3 Å². The van der Waals surface area contributed by atoms with Gasteiger partial charge < -0.3 is 14.4 Å². The van der Waals surface area contributed by atoms with Crippen molar-refractivity contribution in [2.45, 2.75) is 26.8 Å². The van der Waals surface area contributed by atoms with Crippen molar-refractivity contribution in [3.05, 3.63) is 0 Å². The van der Waals surface area contributed by atoms with Gasteiger partial charge in [0.1, 0.15) is 5.41 Å². The summed E-state index contributed by atoms with van der Waals surface area (Å²) >= 11 is 0. The Morgan fingerprint density at radius 1 is 1.38 bits per heavy atom. The molecular weight excluding hydrogens is 206 g/mol. The number of nitrogens with zero attached hydrogens (tertiary/aromatic N) is 1. The molecule has 0 aromatic heterocycles. The van der Waals surface area contributed by atoms with Gasteiger partial charge in [0.15, 0.2) is 0 Å². The molecule has 0 saturated carbocycles. The lowest BCUT2D eigenvalue weighted by atomic mass is 9.67. The second-order valence-electron chi connectivity index (χ2n) is 5.87. The zero-order valence-corrected chi connectivity index (χ0v) is 11.2. The van der Waals surface area contributed by atoms with Crippen molar-refractivity contribution in [3.63, 3.8) is 0 Å². The summed E-state index contributed by atoms with van der Waals surface area (Å²) in [5, 5.41) is 0. The fourth-order valence-corrected chi connectivity index (χ4v) is 3.01. The highest BCUT2D eigenvalue weighted by atomic mass is 16.5. The van der Waals surface area contributed by atoms with Crippen LogP contribution in [0.3, 0.4) is 0 Å². The molecule has 0 aromatic carbocycles. The van der Waals surface area contributed by atoms with Crippen LogP contribution in [0.2, 0.25) is 0 Å². The average Bonchev–Trinajstić information content (AvgIpc) is 2.06. The van der Waals surface area contributed by atoms with Crippen LogP contribution in [0.25, 0.3) is 0 Å². The van der Waals surface area contributed by atoms with Gasteiger partial charge in [0, 0.05) is 6.04 Å². The molecule has 1 aliphatic heterocycles. The zero-order chi connectivity index (χ0) is 12.6. The topological polar surface area (TPSA) is 38.8 Å². The van der Waals surface area contributed by atoms with Gasteiger partial charge in [-0.25, -0.2) is 0 Å². The van der Waals surface area contributed by atoms with Crippen LogP contribution < -0.4 is 0 Å². The molecule has 0 amide bonds. The first-order chi connectivity index (χ1) is 7.25. The van der Waals surface area contributed by atoms with Crippen LogP contribution in [0.1, 0.15) is 20.8 Å². The Morgan fingerprint density at radius 2 is 1.88 bits per heavy atom. The van der Waals surface area contributed by atoms with E-state index in [2.05, 4.69) is 25.7 Å². The van der Waals surface area contributed by atoms with Gasteiger partial charge in [-0.3, -0.25) is 4.79 Å². The Kier molecular flexibility index (Phi) is 3.65. The maximum Gasteiger partial charge on any atom is 0.318 e. The van der Waals surface area contributed by atoms with E-state index in [1.165, 1.54) is 7.11 Å². The van der Waals surface area contributed by atoms with Crippen LogP contribution in [-0.2, 0) is 14.3 Å². The fourth-order valence-electron chi connectivity index (χ4n) is 3.01. The van der Waals surface area contributed by atoms with Crippen molar-refractivity contribution in [3.8, 4) is 0 Å². The van der Waals surface area contributed by atoms with Crippen LogP contribution >= 0.6 is 0 Å². The third-order valence-electron chi connectivity index (χ3n) is 3.17. The molecule has 1 fully saturated rings. The van der Waals surface area contributed by atoms with Crippen molar-refractivity contribution in [1.82, 2.24) is 4.90 Å². The molecule has 1 atom stereocenters. The first kappa shape index (κ1) is 13.5. The first-order valence-electron chi connectivity index (χ1n) is 5.58. The summed E-state index contributed by atoms with van der Waals surface area (Å²) in [7, 11) is 5.44. The minimum absolute atomic E-state index is 0.00146. The third-order valence-corrected chi connectivity index (χ3v) is 3.17. The van der Waals surface area contributed by atoms with Crippen molar-refractivity contribution in [2.75, 3.05) is 34.4 Å². The van der Waals surface area contributed by atoms with E-state index in [0.29, 0.717) is 13.2 Å². The minimum atomic E-state index is -0.503. The van der Waals surface area contributed by atoms with Gasteiger partial charge in [-0.2, -0.15) is 0 Å². The highest BCUT2D eigenvalue weighted by molar-refractivity contribution is 5.79. The predicted molar refractivity (Wildman–Crippen MR) is 62.2 cm³/mol. The lowest BCUT2D eigenvalue weighted by molar-refractivity contribution is -0.205. The number of methoxy groups -OCH3 is 1. The quantitative estimate of drug-likeness (QED) is 0.681. The summed E-state index contributed by atoms with van der Waals surface area (Å²) in [6.45, 7) is 7.33. The summed E-state index contributed by atoms with van der Waals surface area (Å²) in [6.07, 6.45) is 0. The summed E-state index contributed by atoms with van der Waals surface area (Å²) in [4.78, 5) is 14.1. The Labute approximate surface area is 97.9 Å². The van der Waals surface area contributed by atoms with E-state index in [-0.39, 0.29) is 17.4 Å². The SMILES string of the molecule is COC(=O)C1(C(N(C)C)C(C)(C)C)COC1. The fraction of sp³-hybridized carbons (Fsp3) is 0.917. The summed E-state index contributed by atoms with van der Waals surface area (Å²) in [5.41, 5.74) is -0.502. The van der Waals surface area contributed by atoms with Crippen LogP contribution in [0.5, 0.6) is 0 Å². The maximum absolute atomic E-state index is 12.0. The molecule has 1 rings (SSSR count). The zero-order valence-electron chi connectivity index (χ0n) is 11.2. The largest absolute Gasteiger partial charge is 0.468 e. The van der Waals surface area contributed by atoms with Gasteiger partial charge in [0.2, 0.25) is 0 Å². The number of ether oxygens (including phenoxy) is 2. The van der Waals surface area contributed by atoms with E-state index >= 15 is 0 Å². The first-order valence-corrected chi connectivity index (χ1v) is 5.58. The van der Waals surface area contributed by atoms with Crippen molar-refractivity contribution in [1.29, 1.82) is 0 Å². The Balaban J connectivity index is 3.04. The van der Waals surface area contributed by atoms with Crippen molar-refractivity contribution in [2.24, 2.45) is 10.8 Å². The summed E-state index contributed by atoms with van der Waals surface area (Å²) in [6, 6.07) is 0.112. The second-order valence-corrected chi connectivity index (χ2v) is 5.87. The average molecular weight is 229 g/mol. The van der Waals surface area contributed by atoms with Crippen LogP contribution in [0.15, 0.2) is 0 Å². The molecule has 0 radical (unpaired) electrons. The lowest BCUT2D eigenvalue weighted by Gasteiger charge is -2.52. The number of esters is 1. The monoisotopic (exact) mass is 229 g/mol. The normalized spacial score (nSPS) is 21.4. The Morgan fingerprint density at radius 3 is 2.06 bits per heavy atom. The minimum Gasteiger partial charge on any atom is -0.468 e. The van der Waals surface area contributed by atoms with Gasteiger partial charge in [0.25, 0.3) is 0 Å². The smallest absolute Gasteiger partial charge is 0.318 e. The van der Waals surface area contributed by atoms with Crippen LogP contribution in [0, 0.1) is 10.8 Å². The van der Waals surface area contributed by atoms with Gasteiger partial charge in [-0.1, -0.05) is 20.8 Å². The molecule has 1 aliphatic rings. The molecule has 0 aliphatic carbocycles. The number of hydrogen-bond acceptors (Lipinski definition) is 4. The number of carbonyl (C=O) groups is 1. The highest BCUT2D eigenvalue weighted by Crippen LogP contribution is 2.43. The Bertz CT molecular complexity index is 264. The van der Waals surface area contributed by atoms with Crippen molar-refractivity contribution >= 4 is 5.97 Å². The molecule has 16 heavy (non-hydrogen) atoms. The van der Waals surface area contributed by atoms with E-state index in [1.54, 1.807) is 0 Å². The van der Waals surface area contributed by atoms with E-state index in [1.807, 2.05) is 14.1 Å². The van der Waals surface area contributed by atoms with Gasteiger partial charge in [-0.05, 0) is 19.5 Å². The molecule has 4 heteroatoms. The number of hydrogen-bond donors (Lipinski definition) is 0. The molecule has 4 nitrogen and oxygen atoms in total. The van der Waals surface area contributed by atoms with Crippen LogP contribution in [-0.4, -0.2) is 51.3 Å². The molecule has 0 aromatic rings. The molecule has 94 valence electrons.